The largest absolute Gasteiger partial charge is 0.497 e. The van der Waals surface area contributed by atoms with Crippen LogP contribution in [-0.4, -0.2) is 36.8 Å². The maximum absolute atomic E-state index is 13.4. The quantitative estimate of drug-likeness (QED) is 0.799. The first-order chi connectivity index (χ1) is 12.1. The van der Waals surface area contributed by atoms with Crippen molar-refractivity contribution in [3.8, 4) is 5.75 Å². The molecule has 5 heteroatoms. The summed E-state index contributed by atoms with van der Waals surface area (Å²) in [6.45, 7) is 0.984. The van der Waals surface area contributed by atoms with Crippen LogP contribution in [0.15, 0.2) is 48.5 Å². The van der Waals surface area contributed by atoms with Crippen LogP contribution in [0.3, 0.4) is 0 Å². The number of piperidine rings is 1. The molecule has 1 aliphatic rings. The minimum Gasteiger partial charge on any atom is -0.497 e. The van der Waals surface area contributed by atoms with Crippen molar-refractivity contribution in [1.29, 1.82) is 0 Å². The normalized spacial score (nSPS) is 17.2. The van der Waals surface area contributed by atoms with Crippen molar-refractivity contribution in [2.45, 2.75) is 12.8 Å². The van der Waals surface area contributed by atoms with E-state index in [2.05, 4.69) is 0 Å². The number of halogens is 1. The second kappa shape index (κ2) is 7.47. The molecule has 25 heavy (non-hydrogen) atoms. The zero-order chi connectivity index (χ0) is 17.8. The zero-order valence-electron chi connectivity index (χ0n) is 14.1. The van der Waals surface area contributed by atoms with Crippen LogP contribution >= 0.6 is 0 Å². The fraction of sp³-hybridized carbons (Fsp3) is 0.300. The number of hydrogen-bond donors (Lipinski definition) is 0. The van der Waals surface area contributed by atoms with Gasteiger partial charge in [0.2, 0.25) is 0 Å². The van der Waals surface area contributed by atoms with Gasteiger partial charge in [-0.1, -0.05) is 12.1 Å². The van der Waals surface area contributed by atoms with E-state index < -0.39 is 5.82 Å². The Morgan fingerprint density at radius 2 is 1.88 bits per heavy atom. The van der Waals surface area contributed by atoms with E-state index in [9.17, 15) is 14.0 Å². The number of amides is 1. The van der Waals surface area contributed by atoms with Gasteiger partial charge < -0.3 is 9.64 Å². The second-order valence-electron chi connectivity index (χ2n) is 6.19. The summed E-state index contributed by atoms with van der Waals surface area (Å²) in [6, 6.07) is 12.7. The molecule has 0 bridgehead atoms. The Morgan fingerprint density at radius 1 is 1.12 bits per heavy atom. The number of carbonyl (C=O) groups is 2. The Bertz CT molecular complexity index is 773. The molecule has 0 spiro atoms. The van der Waals surface area contributed by atoms with Gasteiger partial charge in [-0.05, 0) is 49.2 Å². The average Bonchev–Trinajstić information content (AvgIpc) is 2.67. The van der Waals surface area contributed by atoms with E-state index in [1.807, 2.05) is 0 Å². The van der Waals surface area contributed by atoms with Crippen LogP contribution < -0.4 is 4.74 Å². The summed E-state index contributed by atoms with van der Waals surface area (Å²) in [5.74, 6) is -0.231. The van der Waals surface area contributed by atoms with Crippen molar-refractivity contribution in [3.05, 3.63) is 65.5 Å². The molecule has 130 valence electrons. The summed E-state index contributed by atoms with van der Waals surface area (Å²) in [5.41, 5.74) is 0.934. The molecular weight excluding hydrogens is 321 g/mol. The Kier molecular flexibility index (Phi) is 5.12. The van der Waals surface area contributed by atoms with E-state index >= 15 is 0 Å². The Hall–Kier alpha value is -2.69. The van der Waals surface area contributed by atoms with Crippen molar-refractivity contribution >= 4 is 11.7 Å². The number of likely N-dealkylation sites (tertiary alicyclic amines) is 1. The van der Waals surface area contributed by atoms with Crippen molar-refractivity contribution < 1.29 is 18.7 Å². The molecule has 1 atom stereocenters. The molecule has 1 aliphatic heterocycles. The lowest BCUT2D eigenvalue weighted by atomic mass is 9.89. The molecule has 1 fully saturated rings. The predicted octanol–water partition coefficient (Wildman–Crippen LogP) is 3.57. The van der Waals surface area contributed by atoms with Crippen LogP contribution in [0.2, 0.25) is 0 Å². The van der Waals surface area contributed by atoms with Crippen LogP contribution in [0.25, 0.3) is 0 Å². The Labute approximate surface area is 146 Å². The predicted molar refractivity (Wildman–Crippen MR) is 92.4 cm³/mol. The lowest BCUT2D eigenvalue weighted by Gasteiger charge is -2.32. The molecule has 0 radical (unpaired) electrons. The van der Waals surface area contributed by atoms with Crippen molar-refractivity contribution in [2.24, 2.45) is 5.92 Å². The molecule has 0 N–H and O–H groups in total. The number of rotatable bonds is 4. The number of ether oxygens (including phenoxy) is 1. The number of ketones is 1. The van der Waals surface area contributed by atoms with E-state index in [0.717, 1.165) is 6.42 Å². The maximum Gasteiger partial charge on any atom is 0.253 e. The average molecular weight is 341 g/mol. The number of benzene rings is 2. The third kappa shape index (κ3) is 3.87. The number of hydrogen-bond acceptors (Lipinski definition) is 3. The molecule has 1 amide bonds. The van der Waals surface area contributed by atoms with Gasteiger partial charge >= 0.3 is 0 Å². The zero-order valence-corrected chi connectivity index (χ0v) is 14.1. The lowest BCUT2D eigenvalue weighted by molar-refractivity contribution is 0.0637. The standard InChI is InChI=1S/C20H20FNO3/c1-25-18-9-7-14(8-10-18)20(24)22-11-3-5-16(13-22)19(23)15-4-2-6-17(21)12-15/h2,4,6-10,12,16H,3,5,11,13H2,1H3. The minimum atomic E-state index is -0.423. The van der Waals surface area contributed by atoms with Gasteiger partial charge in [0.05, 0.1) is 7.11 Å². The summed E-state index contributed by atoms with van der Waals surface area (Å²) in [7, 11) is 1.57. The van der Waals surface area contributed by atoms with Crippen molar-refractivity contribution in [2.75, 3.05) is 20.2 Å². The topological polar surface area (TPSA) is 46.6 Å². The Morgan fingerprint density at radius 3 is 2.56 bits per heavy atom. The van der Waals surface area contributed by atoms with Gasteiger partial charge in [0, 0.05) is 30.1 Å². The maximum atomic E-state index is 13.4. The molecule has 2 aromatic rings. The van der Waals surface area contributed by atoms with Crippen LogP contribution in [0, 0.1) is 11.7 Å². The summed E-state index contributed by atoms with van der Waals surface area (Å²) in [5, 5.41) is 0. The highest BCUT2D eigenvalue weighted by Crippen LogP contribution is 2.23. The van der Waals surface area contributed by atoms with E-state index in [-0.39, 0.29) is 17.6 Å². The van der Waals surface area contributed by atoms with Crippen LogP contribution in [0.4, 0.5) is 4.39 Å². The van der Waals surface area contributed by atoms with E-state index in [1.54, 1.807) is 42.3 Å². The molecule has 0 aromatic heterocycles. The molecule has 4 nitrogen and oxygen atoms in total. The number of nitrogens with zero attached hydrogens (tertiary/aromatic N) is 1. The number of methoxy groups -OCH3 is 1. The summed E-state index contributed by atoms with van der Waals surface area (Å²) < 4.78 is 18.5. The lowest BCUT2D eigenvalue weighted by Crippen LogP contribution is -2.42. The highest BCUT2D eigenvalue weighted by atomic mass is 19.1. The summed E-state index contributed by atoms with van der Waals surface area (Å²) in [6.07, 6.45) is 1.47. The van der Waals surface area contributed by atoms with Gasteiger partial charge in [-0.2, -0.15) is 0 Å². The molecule has 1 unspecified atom stereocenters. The highest BCUT2D eigenvalue weighted by Gasteiger charge is 2.29. The van der Waals surface area contributed by atoms with Gasteiger partial charge in [0.1, 0.15) is 11.6 Å². The molecule has 2 aromatic carbocycles. The van der Waals surface area contributed by atoms with E-state index in [4.69, 9.17) is 4.74 Å². The first kappa shape index (κ1) is 17.1. The van der Waals surface area contributed by atoms with E-state index in [0.29, 0.717) is 36.4 Å². The van der Waals surface area contributed by atoms with Gasteiger partial charge in [0.25, 0.3) is 5.91 Å². The fourth-order valence-corrected chi connectivity index (χ4v) is 3.17. The fourth-order valence-electron chi connectivity index (χ4n) is 3.17. The van der Waals surface area contributed by atoms with Crippen LogP contribution in [0.1, 0.15) is 33.6 Å². The highest BCUT2D eigenvalue weighted by molar-refractivity contribution is 5.99. The second-order valence-corrected chi connectivity index (χ2v) is 6.19. The first-order valence-electron chi connectivity index (χ1n) is 8.31. The molecule has 1 saturated heterocycles. The molecular formula is C20H20FNO3. The third-order valence-corrected chi connectivity index (χ3v) is 4.53. The summed E-state index contributed by atoms with van der Waals surface area (Å²) >= 11 is 0. The van der Waals surface area contributed by atoms with Gasteiger partial charge in [0.15, 0.2) is 5.78 Å². The SMILES string of the molecule is COc1ccc(C(=O)N2CCCC(C(=O)c3cccc(F)c3)C2)cc1. The molecule has 0 aliphatic carbocycles. The Balaban J connectivity index is 1.71. The van der Waals surface area contributed by atoms with Gasteiger partial charge in [-0.3, -0.25) is 9.59 Å². The minimum absolute atomic E-state index is 0.0978. The first-order valence-corrected chi connectivity index (χ1v) is 8.31. The van der Waals surface area contributed by atoms with Crippen LogP contribution in [-0.2, 0) is 0 Å². The van der Waals surface area contributed by atoms with Crippen molar-refractivity contribution in [3.63, 3.8) is 0 Å². The van der Waals surface area contributed by atoms with E-state index in [1.165, 1.54) is 18.2 Å². The smallest absolute Gasteiger partial charge is 0.253 e. The monoisotopic (exact) mass is 341 g/mol. The number of Topliss-reactive ketones (excluding diaryl/α,β-unsaturated/α-hetero) is 1. The summed E-state index contributed by atoms with van der Waals surface area (Å²) in [4.78, 5) is 27.0. The van der Waals surface area contributed by atoms with Gasteiger partial charge in [-0.25, -0.2) is 4.39 Å². The van der Waals surface area contributed by atoms with Crippen molar-refractivity contribution in [1.82, 2.24) is 4.90 Å². The molecule has 0 saturated carbocycles. The molecule has 3 rings (SSSR count). The van der Waals surface area contributed by atoms with Gasteiger partial charge in [-0.15, -0.1) is 0 Å². The van der Waals surface area contributed by atoms with Crippen LogP contribution in [0.5, 0.6) is 5.75 Å². The molecule has 1 heterocycles. The number of carbonyl (C=O) groups excluding carboxylic acids is 2. The third-order valence-electron chi connectivity index (χ3n) is 4.53.